The topological polar surface area (TPSA) is 86.7 Å². The van der Waals surface area contributed by atoms with E-state index in [9.17, 15) is 14.4 Å². The number of carbonyl (C=O) groups excluding carboxylic acids is 2. The lowest BCUT2D eigenvalue weighted by Gasteiger charge is -2.24. The van der Waals surface area contributed by atoms with Crippen LogP contribution in [-0.2, 0) is 4.79 Å². The van der Waals surface area contributed by atoms with Crippen LogP contribution in [0.15, 0.2) is 54.6 Å². The van der Waals surface area contributed by atoms with E-state index in [0.29, 0.717) is 16.8 Å². The molecule has 1 aliphatic rings. The van der Waals surface area contributed by atoms with Gasteiger partial charge in [-0.05, 0) is 49.2 Å². The largest absolute Gasteiger partial charge is 0.481 e. The third kappa shape index (κ3) is 4.73. The number of aliphatic carboxylic acids is 1. The molecular weight excluding hydrogens is 344 g/mol. The van der Waals surface area contributed by atoms with E-state index in [4.69, 9.17) is 5.11 Å². The second-order valence-electron chi connectivity index (χ2n) is 6.83. The number of amides is 2. The lowest BCUT2D eigenvalue weighted by atomic mass is 10.1. The fourth-order valence-electron chi connectivity index (χ4n) is 2.81. The quantitative estimate of drug-likeness (QED) is 0.787. The molecule has 1 fully saturated rings. The fourth-order valence-corrected chi connectivity index (χ4v) is 2.81. The zero-order valence-corrected chi connectivity index (χ0v) is 15.1. The van der Waals surface area contributed by atoms with Crippen molar-refractivity contribution in [3.05, 3.63) is 65.7 Å². The molecule has 2 amide bonds. The monoisotopic (exact) mass is 366 g/mol. The minimum Gasteiger partial charge on any atom is -0.481 e. The smallest absolute Gasteiger partial charge is 0.308 e. The first-order valence-electron chi connectivity index (χ1n) is 8.96. The van der Waals surface area contributed by atoms with E-state index in [2.05, 4.69) is 5.32 Å². The van der Waals surface area contributed by atoms with E-state index in [0.717, 1.165) is 12.8 Å². The summed E-state index contributed by atoms with van der Waals surface area (Å²) in [6.07, 6.45) is 1.80. The number of anilines is 1. The molecule has 6 heteroatoms. The highest BCUT2D eigenvalue weighted by molar-refractivity contribution is 6.05. The molecule has 140 valence electrons. The molecule has 0 saturated heterocycles. The SMILES string of the molecule is CC(CN(C(=O)c1ccc(C(=O)Nc2ccccc2)cc1)C1CC1)C(=O)O. The van der Waals surface area contributed by atoms with E-state index in [1.54, 1.807) is 48.2 Å². The molecule has 0 aliphatic heterocycles. The number of nitrogens with one attached hydrogen (secondary N) is 1. The van der Waals surface area contributed by atoms with Gasteiger partial charge in [-0.3, -0.25) is 14.4 Å². The molecule has 1 aliphatic carbocycles. The van der Waals surface area contributed by atoms with Crippen molar-refractivity contribution < 1.29 is 19.5 Å². The van der Waals surface area contributed by atoms with Crippen molar-refractivity contribution in [1.29, 1.82) is 0 Å². The van der Waals surface area contributed by atoms with Crippen LogP contribution in [0.4, 0.5) is 5.69 Å². The van der Waals surface area contributed by atoms with Gasteiger partial charge >= 0.3 is 5.97 Å². The van der Waals surface area contributed by atoms with Gasteiger partial charge < -0.3 is 15.3 Å². The molecule has 27 heavy (non-hydrogen) atoms. The fraction of sp³-hybridized carbons (Fsp3) is 0.286. The summed E-state index contributed by atoms with van der Waals surface area (Å²) >= 11 is 0. The molecule has 2 aromatic carbocycles. The third-order valence-corrected chi connectivity index (χ3v) is 4.57. The molecule has 1 atom stereocenters. The molecule has 0 bridgehead atoms. The highest BCUT2D eigenvalue weighted by Gasteiger charge is 2.34. The summed E-state index contributed by atoms with van der Waals surface area (Å²) in [6, 6.07) is 15.7. The maximum atomic E-state index is 12.8. The Hall–Kier alpha value is -3.15. The number of benzene rings is 2. The molecule has 0 spiro atoms. The zero-order chi connectivity index (χ0) is 19.4. The van der Waals surface area contributed by atoms with Gasteiger partial charge in [0.05, 0.1) is 5.92 Å². The molecule has 1 saturated carbocycles. The van der Waals surface area contributed by atoms with Crippen molar-refractivity contribution in [2.24, 2.45) is 5.92 Å². The lowest BCUT2D eigenvalue weighted by Crippen LogP contribution is -2.38. The molecule has 0 radical (unpaired) electrons. The van der Waals surface area contributed by atoms with Gasteiger partial charge in [-0.15, -0.1) is 0 Å². The summed E-state index contributed by atoms with van der Waals surface area (Å²) in [4.78, 5) is 37.8. The first-order valence-corrected chi connectivity index (χ1v) is 8.96. The van der Waals surface area contributed by atoms with Crippen molar-refractivity contribution in [1.82, 2.24) is 4.90 Å². The minimum atomic E-state index is -0.915. The van der Waals surface area contributed by atoms with Gasteiger partial charge in [0.25, 0.3) is 11.8 Å². The maximum absolute atomic E-state index is 12.8. The Labute approximate surface area is 157 Å². The molecule has 0 aromatic heterocycles. The summed E-state index contributed by atoms with van der Waals surface area (Å²) in [5.74, 6) is -1.98. The van der Waals surface area contributed by atoms with Crippen LogP contribution < -0.4 is 5.32 Å². The van der Waals surface area contributed by atoms with Crippen molar-refractivity contribution >= 4 is 23.5 Å². The number of carboxylic acids is 1. The van der Waals surface area contributed by atoms with E-state index < -0.39 is 11.9 Å². The normalized spacial score (nSPS) is 14.3. The standard InChI is InChI=1S/C21H22N2O4/c1-14(21(26)27)13-23(18-11-12-18)20(25)16-9-7-15(8-10-16)19(24)22-17-5-3-2-4-6-17/h2-10,14,18H,11-13H2,1H3,(H,22,24)(H,26,27). The van der Waals surface area contributed by atoms with Gasteiger partial charge in [0.1, 0.15) is 0 Å². The molecular formula is C21H22N2O4. The van der Waals surface area contributed by atoms with E-state index in [-0.39, 0.29) is 24.4 Å². The first kappa shape index (κ1) is 18.6. The Morgan fingerprint density at radius 2 is 1.63 bits per heavy atom. The second-order valence-corrected chi connectivity index (χ2v) is 6.83. The summed E-state index contributed by atoms with van der Waals surface area (Å²) in [5, 5.41) is 11.9. The molecule has 1 unspecified atom stereocenters. The molecule has 3 rings (SSSR count). The van der Waals surface area contributed by atoms with Crippen molar-refractivity contribution in [2.75, 3.05) is 11.9 Å². The van der Waals surface area contributed by atoms with Gasteiger partial charge in [0, 0.05) is 29.4 Å². The van der Waals surface area contributed by atoms with Crippen LogP contribution in [0.2, 0.25) is 0 Å². The van der Waals surface area contributed by atoms with Gasteiger partial charge in [0.2, 0.25) is 0 Å². The Kier molecular flexibility index (Phi) is 5.54. The molecule has 0 heterocycles. The van der Waals surface area contributed by atoms with Crippen LogP contribution in [0, 0.1) is 5.92 Å². The highest BCUT2D eigenvalue weighted by atomic mass is 16.4. The number of carboxylic acid groups (broad SMARTS) is 1. The van der Waals surface area contributed by atoms with Gasteiger partial charge in [-0.25, -0.2) is 0 Å². The summed E-state index contributed by atoms with van der Waals surface area (Å²) < 4.78 is 0. The zero-order valence-electron chi connectivity index (χ0n) is 15.1. The average molecular weight is 366 g/mol. The van der Waals surface area contributed by atoms with Gasteiger partial charge in [-0.2, -0.15) is 0 Å². The van der Waals surface area contributed by atoms with Crippen molar-refractivity contribution in [2.45, 2.75) is 25.8 Å². The molecule has 6 nitrogen and oxygen atoms in total. The number of para-hydroxylation sites is 1. The highest BCUT2D eigenvalue weighted by Crippen LogP contribution is 2.29. The minimum absolute atomic E-state index is 0.111. The van der Waals surface area contributed by atoms with Crippen molar-refractivity contribution in [3.8, 4) is 0 Å². The van der Waals surface area contributed by atoms with Gasteiger partial charge in [-0.1, -0.05) is 25.1 Å². The van der Waals surface area contributed by atoms with Crippen molar-refractivity contribution in [3.63, 3.8) is 0 Å². The lowest BCUT2D eigenvalue weighted by molar-refractivity contribution is -0.141. The summed E-state index contributed by atoms with van der Waals surface area (Å²) in [5.41, 5.74) is 1.60. The van der Waals surface area contributed by atoms with Crippen LogP contribution in [-0.4, -0.2) is 40.4 Å². The average Bonchev–Trinajstić information content (AvgIpc) is 3.51. The van der Waals surface area contributed by atoms with Gasteiger partial charge in [0.15, 0.2) is 0 Å². The summed E-state index contributed by atoms with van der Waals surface area (Å²) in [6.45, 7) is 1.79. The third-order valence-electron chi connectivity index (χ3n) is 4.57. The molecule has 2 aromatic rings. The second kappa shape index (κ2) is 8.03. The number of hydrogen-bond donors (Lipinski definition) is 2. The van der Waals surface area contributed by atoms with E-state index >= 15 is 0 Å². The Bertz CT molecular complexity index is 829. The number of hydrogen-bond acceptors (Lipinski definition) is 3. The van der Waals surface area contributed by atoms with Crippen LogP contribution in [0.3, 0.4) is 0 Å². The van der Waals surface area contributed by atoms with Crippen LogP contribution >= 0.6 is 0 Å². The Morgan fingerprint density at radius 3 is 2.19 bits per heavy atom. The van der Waals surface area contributed by atoms with E-state index in [1.165, 1.54) is 0 Å². The number of rotatable bonds is 7. The van der Waals surface area contributed by atoms with Crippen LogP contribution in [0.1, 0.15) is 40.5 Å². The predicted octanol–water partition coefficient (Wildman–Crippen LogP) is 3.26. The van der Waals surface area contributed by atoms with Crippen LogP contribution in [0.25, 0.3) is 0 Å². The molecule has 2 N–H and O–H groups in total. The summed E-state index contributed by atoms with van der Waals surface area (Å²) in [7, 11) is 0. The predicted molar refractivity (Wildman–Crippen MR) is 102 cm³/mol. The maximum Gasteiger partial charge on any atom is 0.308 e. The van der Waals surface area contributed by atoms with E-state index in [1.807, 2.05) is 18.2 Å². The Morgan fingerprint density at radius 1 is 1.04 bits per heavy atom. The first-order chi connectivity index (χ1) is 13.0. The number of carbonyl (C=O) groups is 3. The number of nitrogens with zero attached hydrogens (tertiary/aromatic N) is 1. The van der Waals surface area contributed by atoms with Crippen LogP contribution in [0.5, 0.6) is 0 Å². The Balaban J connectivity index is 1.69.